The zero-order chi connectivity index (χ0) is 13.8. The molecule has 0 bridgehead atoms. The highest BCUT2D eigenvalue weighted by molar-refractivity contribution is 5.72. The van der Waals surface area contributed by atoms with Crippen LogP contribution in [0, 0.1) is 6.92 Å². The summed E-state index contributed by atoms with van der Waals surface area (Å²) in [5, 5.41) is 11.9. The van der Waals surface area contributed by atoms with Gasteiger partial charge in [0.2, 0.25) is 0 Å². The van der Waals surface area contributed by atoms with E-state index in [0.717, 1.165) is 16.8 Å². The van der Waals surface area contributed by atoms with Crippen LogP contribution in [-0.4, -0.2) is 16.1 Å². The largest absolute Gasteiger partial charge is 0.481 e. The fourth-order valence-electron chi connectivity index (χ4n) is 1.79. The highest BCUT2D eigenvalue weighted by atomic mass is 16.4. The number of anilines is 3. The lowest BCUT2D eigenvalue weighted by Crippen LogP contribution is -2.03. The van der Waals surface area contributed by atoms with Crippen molar-refractivity contribution in [3.8, 4) is 0 Å². The van der Waals surface area contributed by atoms with Crippen LogP contribution in [0.2, 0.25) is 0 Å². The highest BCUT2D eigenvalue weighted by Crippen LogP contribution is 2.22. The quantitative estimate of drug-likeness (QED) is 0.782. The number of rotatable bonds is 4. The van der Waals surface area contributed by atoms with Crippen LogP contribution >= 0.6 is 0 Å². The number of aryl methyl sites for hydroxylation is 1. The maximum absolute atomic E-state index is 10.7. The van der Waals surface area contributed by atoms with E-state index in [-0.39, 0.29) is 6.42 Å². The maximum Gasteiger partial charge on any atom is 0.307 e. The SMILES string of the molecule is Cc1cc(Nc2ncccc2N)ccc1CC(=O)O. The molecule has 0 saturated heterocycles. The van der Waals surface area contributed by atoms with E-state index < -0.39 is 5.97 Å². The molecule has 19 heavy (non-hydrogen) atoms. The molecule has 0 aliphatic heterocycles. The third-order valence-electron chi connectivity index (χ3n) is 2.79. The van der Waals surface area contributed by atoms with Crippen molar-refractivity contribution >= 4 is 23.2 Å². The molecule has 0 saturated carbocycles. The van der Waals surface area contributed by atoms with Crippen LogP contribution in [-0.2, 0) is 11.2 Å². The third kappa shape index (κ3) is 3.22. The Morgan fingerprint density at radius 3 is 2.84 bits per heavy atom. The molecule has 0 amide bonds. The number of nitrogens with one attached hydrogen (secondary N) is 1. The number of nitrogen functional groups attached to an aromatic ring is 1. The van der Waals surface area contributed by atoms with Gasteiger partial charge in [0, 0.05) is 11.9 Å². The number of nitrogens with zero attached hydrogens (tertiary/aromatic N) is 1. The summed E-state index contributed by atoms with van der Waals surface area (Å²) in [6, 6.07) is 9.03. The van der Waals surface area contributed by atoms with Crippen molar-refractivity contribution < 1.29 is 9.90 Å². The van der Waals surface area contributed by atoms with Crippen LogP contribution in [0.3, 0.4) is 0 Å². The predicted molar refractivity (Wildman–Crippen MR) is 74.5 cm³/mol. The van der Waals surface area contributed by atoms with Gasteiger partial charge in [-0.15, -0.1) is 0 Å². The second-order valence-corrected chi connectivity index (χ2v) is 4.28. The molecule has 2 aromatic rings. The lowest BCUT2D eigenvalue weighted by molar-refractivity contribution is -0.136. The molecule has 0 spiro atoms. The fourth-order valence-corrected chi connectivity index (χ4v) is 1.79. The average Bonchev–Trinajstić information content (AvgIpc) is 2.35. The molecule has 5 heteroatoms. The van der Waals surface area contributed by atoms with Crippen molar-refractivity contribution in [1.82, 2.24) is 4.98 Å². The molecule has 98 valence electrons. The van der Waals surface area contributed by atoms with Crippen molar-refractivity contribution in [2.45, 2.75) is 13.3 Å². The van der Waals surface area contributed by atoms with Gasteiger partial charge in [-0.05, 0) is 42.3 Å². The van der Waals surface area contributed by atoms with Gasteiger partial charge in [-0.3, -0.25) is 4.79 Å². The van der Waals surface area contributed by atoms with Gasteiger partial charge in [0.1, 0.15) is 0 Å². The molecule has 2 rings (SSSR count). The Kier molecular flexibility index (Phi) is 3.66. The van der Waals surface area contributed by atoms with Crippen LogP contribution in [0.4, 0.5) is 17.2 Å². The molecule has 0 aliphatic carbocycles. The lowest BCUT2D eigenvalue weighted by atomic mass is 10.1. The molecule has 0 unspecified atom stereocenters. The van der Waals surface area contributed by atoms with Crippen LogP contribution in [0.15, 0.2) is 36.5 Å². The smallest absolute Gasteiger partial charge is 0.307 e. The first-order valence-electron chi connectivity index (χ1n) is 5.85. The Morgan fingerprint density at radius 2 is 2.21 bits per heavy atom. The lowest BCUT2D eigenvalue weighted by Gasteiger charge is -2.10. The minimum atomic E-state index is -0.835. The van der Waals surface area contributed by atoms with Crippen molar-refractivity contribution in [3.63, 3.8) is 0 Å². The molecule has 1 aromatic carbocycles. The standard InChI is InChI=1S/C14H15N3O2/c1-9-7-11(5-4-10(9)8-13(18)19)17-14-12(15)3-2-6-16-14/h2-7H,8,15H2,1H3,(H,16,17)(H,18,19). The summed E-state index contributed by atoms with van der Waals surface area (Å²) in [4.78, 5) is 14.8. The zero-order valence-electron chi connectivity index (χ0n) is 10.6. The summed E-state index contributed by atoms with van der Waals surface area (Å²) < 4.78 is 0. The van der Waals surface area contributed by atoms with Crippen molar-refractivity contribution in [2.24, 2.45) is 0 Å². The number of nitrogens with two attached hydrogens (primary N) is 1. The van der Waals surface area contributed by atoms with E-state index in [9.17, 15) is 4.79 Å². The Labute approximate surface area is 111 Å². The summed E-state index contributed by atoms with van der Waals surface area (Å²) in [6.07, 6.45) is 1.68. The molecule has 0 fully saturated rings. The summed E-state index contributed by atoms with van der Waals surface area (Å²) in [5.41, 5.74) is 8.91. The Morgan fingerprint density at radius 1 is 1.42 bits per heavy atom. The number of hydrogen-bond donors (Lipinski definition) is 3. The molecular formula is C14H15N3O2. The van der Waals surface area contributed by atoms with E-state index in [1.54, 1.807) is 24.4 Å². The van der Waals surface area contributed by atoms with Gasteiger partial charge in [-0.1, -0.05) is 6.07 Å². The second-order valence-electron chi connectivity index (χ2n) is 4.28. The monoisotopic (exact) mass is 257 g/mol. The fraction of sp³-hybridized carbons (Fsp3) is 0.143. The summed E-state index contributed by atoms with van der Waals surface area (Å²) in [6.45, 7) is 1.88. The van der Waals surface area contributed by atoms with Gasteiger partial charge in [-0.25, -0.2) is 4.98 Å². The Hall–Kier alpha value is -2.56. The van der Waals surface area contributed by atoms with E-state index >= 15 is 0 Å². The van der Waals surface area contributed by atoms with Crippen molar-refractivity contribution in [2.75, 3.05) is 11.1 Å². The summed E-state index contributed by atoms with van der Waals surface area (Å²) in [5.74, 6) is -0.245. The number of pyridine rings is 1. The van der Waals surface area contributed by atoms with Crippen molar-refractivity contribution in [3.05, 3.63) is 47.7 Å². The summed E-state index contributed by atoms with van der Waals surface area (Å²) >= 11 is 0. The average molecular weight is 257 g/mol. The first-order chi connectivity index (χ1) is 9.06. The normalized spacial score (nSPS) is 10.2. The van der Waals surface area contributed by atoms with Crippen LogP contribution < -0.4 is 11.1 Å². The Balaban J connectivity index is 2.21. The number of aliphatic carboxylic acids is 1. The number of carbonyl (C=O) groups is 1. The van der Waals surface area contributed by atoms with Gasteiger partial charge in [-0.2, -0.15) is 0 Å². The van der Waals surface area contributed by atoms with Crippen molar-refractivity contribution in [1.29, 1.82) is 0 Å². The molecule has 4 N–H and O–H groups in total. The third-order valence-corrected chi connectivity index (χ3v) is 2.79. The first-order valence-corrected chi connectivity index (χ1v) is 5.85. The topological polar surface area (TPSA) is 88.2 Å². The minimum Gasteiger partial charge on any atom is -0.481 e. The van der Waals surface area contributed by atoms with Gasteiger partial charge >= 0.3 is 5.97 Å². The minimum absolute atomic E-state index is 0.0256. The van der Waals surface area contributed by atoms with E-state index in [1.807, 2.05) is 19.1 Å². The van der Waals surface area contributed by atoms with E-state index in [1.165, 1.54) is 0 Å². The number of carboxylic acids is 1. The summed E-state index contributed by atoms with van der Waals surface area (Å²) in [7, 11) is 0. The van der Waals surface area contributed by atoms with Gasteiger partial charge in [0.05, 0.1) is 12.1 Å². The van der Waals surface area contributed by atoms with Crippen LogP contribution in [0.5, 0.6) is 0 Å². The van der Waals surface area contributed by atoms with E-state index in [0.29, 0.717) is 11.5 Å². The highest BCUT2D eigenvalue weighted by Gasteiger charge is 2.06. The van der Waals surface area contributed by atoms with Gasteiger partial charge in [0.15, 0.2) is 5.82 Å². The molecule has 1 aromatic heterocycles. The Bertz CT molecular complexity index is 611. The number of carboxylic acid groups (broad SMARTS) is 1. The zero-order valence-corrected chi connectivity index (χ0v) is 10.6. The van der Waals surface area contributed by atoms with Crippen LogP contribution in [0.25, 0.3) is 0 Å². The molecule has 1 heterocycles. The van der Waals surface area contributed by atoms with E-state index in [4.69, 9.17) is 10.8 Å². The number of benzene rings is 1. The van der Waals surface area contributed by atoms with Crippen LogP contribution in [0.1, 0.15) is 11.1 Å². The first kappa shape index (κ1) is 12.9. The number of hydrogen-bond acceptors (Lipinski definition) is 4. The predicted octanol–water partition coefficient (Wildman–Crippen LogP) is 2.34. The maximum atomic E-state index is 10.7. The molecule has 0 atom stereocenters. The second kappa shape index (κ2) is 5.39. The van der Waals surface area contributed by atoms with Gasteiger partial charge < -0.3 is 16.2 Å². The number of aromatic nitrogens is 1. The molecule has 5 nitrogen and oxygen atoms in total. The van der Waals surface area contributed by atoms with E-state index in [2.05, 4.69) is 10.3 Å². The van der Waals surface area contributed by atoms with Gasteiger partial charge in [0.25, 0.3) is 0 Å². The molecule has 0 aliphatic rings. The molecular weight excluding hydrogens is 242 g/mol. The molecule has 0 radical (unpaired) electrons.